The van der Waals surface area contributed by atoms with Crippen molar-refractivity contribution in [3.63, 3.8) is 0 Å². The summed E-state index contributed by atoms with van der Waals surface area (Å²) in [6, 6.07) is 0. The molecule has 0 radical (unpaired) electrons. The van der Waals surface area contributed by atoms with Crippen LogP contribution in [0.4, 0.5) is 8.78 Å². The number of hydrogen-bond donors (Lipinski definition) is 8. The van der Waals surface area contributed by atoms with Gasteiger partial charge in [-0.3, -0.25) is 0 Å². The number of aliphatic hydroxyl groups excluding tert-OH is 8. The molecule has 144 valence electrons. The molecule has 10 nitrogen and oxygen atoms in total. The first-order valence-corrected chi connectivity index (χ1v) is 6.57. The summed E-state index contributed by atoms with van der Waals surface area (Å²) < 4.78 is 24.6. The van der Waals surface area contributed by atoms with E-state index in [1.165, 1.54) is 0 Å². The minimum absolute atomic E-state index is 0.196. The second kappa shape index (κ2) is 13.2. The average Bonchev–Trinajstić information content (AvgIpc) is 2.62. The lowest BCUT2D eigenvalue weighted by molar-refractivity contribution is -0.127. The molecule has 0 rings (SSSR count). The van der Waals surface area contributed by atoms with Crippen LogP contribution >= 0.6 is 0 Å². The van der Waals surface area contributed by atoms with Crippen LogP contribution in [0.25, 0.3) is 0 Å². The summed E-state index contributed by atoms with van der Waals surface area (Å²) in [6.45, 7) is -1.63. The van der Waals surface area contributed by atoms with Gasteiger partial charge in [-0.1, -0.05) is 0 Å². The highest BCUT2D eigenvalue weighted by molar-refractivity contribution is 5.57. The Bertz CT molecular complexity index is 316. The molecule has 0 aliphatic carbocycles. The normalized spacial score (nSPS) is 21.1. The molecule has 24 heavy (non-hydrogen) atoms. The number of hydrogen-bond acceptors (Lipinski definition) is 10. The second-order valence-electron chi connectivity index (χ2n) is 4.62. The molecule has 0 spiro atoms. The van der Waals surface area contributed by atoms with Gasteiger partial charge in [-0.15, -0.1) is 0 Å². The molecule has 0 amide bonds. The number of aliphatic hydroxyl groups is 8. The summed E-state index contributed by atoms with van der Waals surface area (Å²) in [7, 11) is 0. The summed E-state index contributed by atoms with van der Waals surface area (Å²) in [5.41, 5.74) is 0. The zero-order valence-corrected chi connectivity index (χ0v) is 12.3. The van der Waals surface area contributed by atoms with Gasteiger partial charge in [0.05, 0.1) is 13.2 Å². The van der Waals surface area contributed by atoms with Gasteiger partial charge in [0.2, 0.25) is 0 Å². The third kappa shape index (κ3) is 8.65. The fourth-order valence-corrected chi connectivity index (χ4v) is 1.21. The number of halogens is 2. The Kier molecular flexibility index (Phi) is 13.8. The molecule has 0 aliphatic heterocycles. The highest BCUT2D eigenvalue weighted by Crippen LogP contribution is 2.06. The molecule has 0 aromatic carbocycles. The van der Waals surface area contributed by atoms with Crippen molar-refractivity contribution < 1.29 is 59.2 Å². The standard InChI is InChI=1S/2C6H11FO5/c2*7-3(1-8)5(11)6(12)4(10)2-9/h2*1,3-6,9-12H,2H2/t2*3-,4+,5+,6+/m00/s1. The molecule has 0 saturated heterocycles. The summed E-state index contributed by atoms with van der Waals surface area (Å²) in [6.07, 6.45) is -16.0. The van der Waals surface area contributed by atoms with Crippen molar-refractivity contribution in [3.05, 3.63) is 0 Å². The van der Waals surface area contributed by atoms with Crippen molar-refractivity contribution in [2.75, 3.05) is 13.2 Å². The molecule has 0 fully saturated rings. The van der Waals surface area contributed by atoms with Gasteiger partial charge in [0, 0.05) is 0 Å². The monoisotopic (exact) mass is 364 g/mol. The quantitative estimate of drug-likeness (QED) is 0.174. The molecule has 0 aromatic heterocycles. The topological polar surface area (TPSA) is 196 Å². The second-order valence-corrected chi connectivity index (χ2v) is 4.62. The predicted molar refractivity (Wildman–Crippen MR) is 72.1 cm³/mol. The number of carbonyl (C=O) groups excluding carboxylic acids is 2. The highest BCUT2D eigenvalue weighted by atomic mass is 19.1. The molecule has 12 heteroatoms. The van der Waals surface area contributed by atoms with Crippen LogP contribution in [-0.2, 0) is 9.59 Å². The lowest BCUT2D eigenvalue weighted by Crippen LogP contribution is -2.44. The molecule has 0 heterocycles. The first kappa shape index (κ1) is 25.1. The first-order chi connectivity index (χ1) is 11.1. The third-order valence-electron chi connectivity index (χ3n) is 2.77. The predicted octanol–water partition coefficient (Wildman–Crippen LogP) is -4.80. The van der Waals surface area contributed by atoms with Gasteiger partial charge >= 0.3 is 0 Å². The SMILES string of the molecule is O=C[C@H](F)[C@@H](O)[C@H](O)[C@H](O)CO.O=C[C@H](F)[C@@H](O)[C@H](O)[C@H](O)CO. The minimum Gasteiger partial charge on any atom is -0.394 e. The maximum atomic E-state index is 12.3. The maximum absolute atomic E-state index is 12.3. The number of carbonyl (C=O) groups is 2. The Morgan fingerprint density at radius 2 is 0.875 bits per heavy atom. The van der Waals surface area contributed by atoms with Crippen LogP contribution in [0.5, 0.6) is 0 Å². The van der Waals surface area contributed by atoms with Gasteiger partial charge in [-0.2, -0.15) is 0 Å². The van der Waals surface area contributed by atoms with E-state index in [0.29, 0.717) is 0 Å². The van der Waals surface area contributed by atoms with Crippen LogP contribution in [0.3, 0.4) is 0 Å². The number of aldehydes is 2. The fraction of sp³-hybridized carbons (Fsp3) is 0.833. The highest BCUT2D eigenvalue weighted by Gasteiger charge is 2.31. The Balaban J connectivity index is 0. The molecule has 0 bridgehead atoms. The van der Waals surface area contributed by atoms with Gasteiger partial charge in [0.1, 0.15) is 36.6 Å². The van der Waals surface area contributed by atoms with Crippen molar-refractivity contribution in [2.45, 2.75) is 49.0 Å². The van der Waals surface area contributed by atoms with E-state index < -0.39 is 62.2 Å². The number of rotatable bonds is 10. The van der Waals surface area contributed by atoms with Gasteiger partial charge < -0.3 is 50.4 Å². The minimum atomic E-state index is -2.26. The van der Waals surface area contributed by atoms with Crippen molar-refractivity contribution in [3.8, 4) is 0 Å². The van der Waals surface area contributed by atoms with Crippen LogP contribution in [0.1, 0.15) is 0 Å². The fourth-order valence-electron chi connectivity index (χ4n) is 1.21. The van der Waals surface area contributed by atoms with Crippen LogP contribution < -0.4 is 0 Å². The maximum Gasteiger partial charge on any atom is 0.183 e. The molecule has 0 unspecified atom stereocenters. The molecule has 0 aromatic rings. The van der Waals surface area contributed by atoms with E-state index >= 15 is 0 Å². The van der Waals surface area contributed by atoms with E-state index in [1.54, 1.807) is 0 Å². The van der Waals surface area contributed by atoms with Crippen molar-refractivity contribution in [1.82, 2.24) is 0 Å². The van der Waals surface area contributed by atoms with Gasteiger partial charge in [-0.05, 0) is 0 Å². The summed E-state index contributed by atoms with van der Waals surface area (Å²) >= 11 is 0. The van der Waals surface area contributed by atoms with Crippen molar-refractivity contribution in [1.29, 1.82) is 0 Å². The van der Waals surface area contributed by atoms with Crippen LogP contribution in [0, 0.1) is 0 Å². The lowest BCUT2D eigenvalue weighted by Gasteiger charge is -2.21. The van der Waals surface area contributed by atoms with E-state index in [0.717, 1.165) is 0 Å². The smallest absolute Gasteiger partial charge is 0.183 e. The Morgan fingerprint density at radius 3 is 1.04 bits per heavy atom. The zero-order valence-electron chi connectivity index (χ0n) is 12.3. The van der Waals surface area contributed by atoms with Gasteiger partial charge in [-0.25, -0.2) is 8.78 Å². The van der Waals surface area contributed by atoms with Gasteiger partial charge in [0.15, 0.2) is 24.9 Å². The van der Waals surface area contributed by atoms with E-state index in [2.05, 4.69) is 0 Å². The van der Waals surface area contributed by atoms with E-state index in [1.807, 2.05) is 0 Å². The van der Waals surface area contributed by atoms with Crippen molar-refractivity contribution >= 4 is 12.6 Å². The lowest BCUT2D eigenvalue weighted by atomic mass is 10.1. The molecule has 0 saturated carbocycles. The summed E-state index contributed by atoms with van der Waals surface area (Å²) in [4.78, 5) is 19.5. The van der Waals surface area contributed by atoms with Crippen LogP contribution in [0.15, 0.2) is 0 Å². The van der Waals surface area contributed by atoms with E-state index in [4.69, 9.17) is 40.9 Å². The van der Waals surface area contributed by atoms with E-state index in [-0.39, 0.29) is 12.6 Å². The molecule has 8 N–H and O–H groups in total. The van der Waals surface area contributed by atoms with E-state index in [9.17, 15) is 18.4 Å². The van der Waals surface area contributed by atoms with Crippen molar-refractivity contribution in [2.24, 2.45) is 0 Å². The first-order valence-electron chi connectivity index (χ1n) is 6.57. The number of alkyl halides is 2. The Morgan fingerprint density at radius 1 is 0.625 bits per heavy atom. The Labute approximate surface area is 135 Å². The third-order valence-corrected chi connectivity index (χ3v) is 2.77. The average molecular weight is 364 g/mol. The van der Waals surface area contributed by atoms with Crippen LogP contribution in [-0.4, -0.2) is 116 Å². The molecule has 8 atom stereocenters. The largest absolute Gasteiger partial charge is 0.394 e. The van der Waals surface area contributed by atoms with Crippen LogP contribution in [0.2, 0.25) is 0 Å². The summed E-state index contributed by atoms with van der Waals surface area (Å²) in [5.74, 6) is 0. The summed E-state index contributed by atoms with van der Waals surface area (Å²) in [5, 5.41) is 69.1. The zero-order chi connectivity index (χ0) is 19.4. The molecule has 0 aliphatic rings. The molecular weight excluding hydrogens is 342 g/mol. The molecular formula is C12H22F2O10. The Hall–Kier alpha value is -1.12. The van der Waals surface area contributed by atoms with Gasteiger partial charge in [0.25, 0.3) is 0 Å².